The fourth-order valence-corrected chi connectivity index (χ4v) is 2.47. The van der Waals surface area contributed by atoms with Crippen molar-refractivity contribution in [1.82, 2.24) is 15.0 Å². The van der Waals surface area contributed by atoms with Gasteiger partial charge in [0.1, 0.15) is 34.8 Å². The maximum absolute atomic E-state index is 13.5. The summed E-state index contributed by atoms with van der Waals surface area (Å²) in [5.74, 6) is 0.694. The maximum Gasteiger partial charge on any atom is 0.182 e. The van der Waals surface area contributed by atoms with E-state index in [4.69, 9.17) is 0 Å². The van der Waals surface area contributed by atoms with E-state index in [9.17, 15) is 8.78 Å². The van der Waals surface area contributed by atoms with Crippen molar-refractivity contribution in [1.29, 1.82) is 0 Å². The van der Waals surface area contributed by atoms with Crippen LogP contribution in [-0.4, -0.2) is 28.0 Å². The Balaban J connectivity index is 2.01. The van der Waals surface area contributed by atoms with Gasteiger partial charge in [-0.3, -0.25) is 0 Å². The number of halogens is 2. The van der Waals surface area contributed by atoms with Gasteiger partial charge in [-0.25, -0.2) is 23.7 Å². The molecule has 2 aromatic heterocycles. The van der Waals surface area contributed by atoms with Crippen LogP contribution in [0.5, 0.6) is 0 Å². The van der Waals surface area contributed by atoms with Gasteiger partial charge in [-0.1, -0.05) is 6.07 Å². The molecule has 0 unspecified atom stereocenters. The molecule has 27 heavy (non-hydrogen) atoms. The number of aromatic nitrogens is 3. The van der Waals surface area contributed by atoms with Crippen LogP contribution in [0.4, 0.5) is 31.9 Å². The van der Waals surface area contributed by atoms with Gasteiger partial charge in [0.2, 0.25) is 0 Å². The number of pyridine rings is 1. The zero-order valence-corrected chi connectivity index (χ0v) is 15.2. The topological polar surface area (TPSA) is 74.8 Å². The number of hydrogen-bond donors (Lipinski definition) is 3. The second kappa shape index (κ2) is 7.94. The molecule has 0 atom stereocenters. The highest BCUT2D eigenvalue weighted by atomic mass is 19.1. The molecule has 0 saturated carbocycles. The van der Waals surface area contributed by atoms with Crippen molar-refractivity contribution in [3.8, 4) is 11.5 Å². The summed E-state index contributed by atoms with van der Waals surface area (Å²) >= 11 is 0. The number of hydrogen-bond acceptors (Lipinski definition) is 6. The second-order valence-electron chi connectivity index (χ2n) is 6.20. The Hall–Kier alpha value is -3.29. The molecule has 2 heterocycles. The molecule has 3 rings (SSSR count). The highest BCUT2D eigenvalue weighted by Crippen LogP contribution is 2.24. The van der Waals surface area contributed by atoms with E-state index < -0.39 is 11.6 Å². The Labute approximate surface area is 156 Å². The van der Waals surface area contributed by atoms with Crippen LogP contribution < -0.4 is 16.0 Å². The first-order valence-electron chi connectivity index (χ1n) is 8.47. The zero-order valence-electron chi connectivity index (χ0n) is 15.2. The normalized spacial score (nSPS) is 10.7. The van der Waals surface area contributed by atoms with E-state index in [0.29, 0.717) is 29.0 Å². The predicted octanol–water partition coefficient (Wildman–Crippen LogP) is 4.42. The van der Waals surface area contributed by atoms with Gasteiger partial charge >= 0.3 is 0 Å². The Morgan fingerprint density at radius 1 is 0.852 bits per heavy atom. The highest BCUT2D eigenvalue weighted by Gasteiger charge is 2.11. The molecular weight excluding hydrogens is 350 g/mol. The minimum absolute atomic E-state index is 0.142. The lowest BCUT2D eigenvalue weighted by Gasteiger charge is -2.13. The summed E-state index contributed by atoms with van der Waals surface area (Å²) < 4.78 is 26.9. The highest BCUT2D eigenvalue weighted by molar-refractivity contribution is 5.64. The molecule has 3 N–H and O–H groups in total. The molecule has 1 aromatic carbocycles. The summed E-state index contributed by atoms with van der Waals surface area (Å²) in [7, 11) is 1.77. The molecule has 0 fully saturated rings. The van der Waals surface area contributed by atoms with E-state index in [1.165, 1.54) is 12.1 Å². The standard InChI is InChI=1S/C19H20F2N6/c1-11(2)23-17-10-18(24-14-8-12(20)7-13(21)9-14)27-19(26-17)15-5-4-6-16(22-3)25-15/h4-11H,1-3H3,(H,22,25)(H2,23,24,26,27). The number of anilines is 4. The minimum Gasteiger partial charge on any atom is -0.373 e. The summed E-state index contributed by atoms with van der Waals surface area (Å²) in [6, 6.07) is 10.5. The van der Waals surface area contributed by atoms with Crippen molar-refractivity contribution < 1.29 is 8.78 Å². The van der Waals surface area contributed by atoms with Crippen molar-refractivity contribution in [3.05, 3.63) is 54.1 Å². The summed E-state index contributed by atoms with van der Waals surface area (Å²) in [4.78, 5) is 13.4. The Bertz CT molecular complexity index is 925. The van der Waals surface area contributed by atoms with E-state index in [0.717, 1.165) is 6.07 Å². The Morgan fingerprint density at radius 3 is 2.22 bits per heavy atom. The fraction of sp³-hybridized carbons (Fsp3) is 0.211. The number of nitrogens with zero attached hydrogens (tertiary/aromatic N) is 3. The monoisotopic (exact) mass is 370 g/mol. The summed E-state index contributed by atoms with van der Waals surface area (Å²) in [6.07, 6.45) is 0. The molecule has 0 aliphatic heterocycles. The molecule has 6 nitrogen and oxygen atoms in total. The molecule has 0 bridgehead atoms. The van der Waals surface area contributed by atoms with Crippen molar-refractivity contribution in [3.63, 3.8) is 0 Å². The molecule has 0 amide bonds. The number of benzene rings is 1. The third kappa shape index (κ3) is 4.87. The van der Waals surface area contributed by atoms with Gasteiger partial charge in [0, 0.05) is 30.9 Å². The van der Waals surface area contributed by atoms with E-state index >= 15 is 0 Å². The summed E-state index contributed by atoms with van der Waals surface area (Å²) in [6.45, 7) is 3.97. The van der Waals surface area contributed by atoms with Crippen molar-refractivity contribution >= 4 is 23.1 Å². The average molecular weight is 370 g/mol. The van der Waals surface area contributed by atoms with E-state index in [1.807, 2.05) is 26.0 Å². The molecule has 3 aromatic rings. The fourth-order valence-electron chi connectivity index (χ4n) is 2.47. The molecular formula is C19H20F2N6. The first kappa shape index (κ1) is 18.5. The van der Waals surface area contributed by atoms with Crippen LogP contribution in [0.15, 0.2) is 42.5 Å². The second-order valence-corrected chi connectivity index (χ2v) is 6.20. The van der Waals surface area contributed by atoms with Gasteiger partial charge in [0.05, 0.1) is 0 Å². The van der Waals surface area contributed by atoms with Crippen LogP contribution in [0, 0.1) is 11.6 Å². The minimum atomic E-state index is -0.671. The van der Waals surface area contributed by atoms with Crippen LogP contribution in [-0.2, 0) is 0 Å². The van der Waals surface area contributed by atoms with Crippen LogP contribution in [0.1, 0.15) is 13.8 Å². The lowest BCUT2D eigenvalue weighted by molar-refractivity contribution is 0.584. The first-order chi connectivity index (χ1) is 12.9. The zero-order chi connectivity index (χ0) is 19.4. The summed E-state index contributed by atoms with van der Waals surface area (Å²) in [5, 5.41) is 9.10. The Morgan fingerprint density at radius 2 is 1.56 bits per heavy atom. The Kier molecular flexibility index (Phi) is 5.44. The van der Waals surface area contributed by atoms with Crippen molar-refractivity contribution in [2.45, 2.75) is 19.9 Å². The van der Waals surface area contributed by atoms with Gasteiger partial charge in [0.15, 0.2) is 5.82 Å². The van der Waals surface area contributed by atoms with Gasteiger partial charge < -0.3 is 16.0 Å². The van der Waals surface area contributed by atoms with Gasteiger partial charge in [-0.15, -0.1) is 0 Å². The van der Waals surface area contributed by atoms with Gasteiger partial charge in [-0.2, -0.15) is 0 Å². The third-order valence-corrected chi connectivity index (χ3v) is 3.53. The van der Waals surface area contributed by atoms with E-state index in [-0.39, 0.29) is 11.7 Å². The molecule has 0 saturated heterocycles. The SMILES string of the molecule is CNc1cccc(-c2nc(Nc3cc(F)cc(F)c3)cc(NC(C)C)n2)n1. The summed E-state index contributed by atoms with van der Waals surface area (Å²) in [5.41, 5.74) is 0.826. The molecule has 0 aliphatic rings. The van der Waals surface area contributed by atoms with Crippen LogP contribution >= 0.6 is 0 Å². The van der Waals surface area contributed by atoms with Crippen molar-refractivity contribution in [2.75, 3.05) is 23.0 Å². The van der Waals surface area contributed by atoms with Crippen molar-refractivity contribution in [2.24, 2.45) is 0 Å². The largest absolute Gasteiger partial charge is 0.373 e. The smallest absolute Gasteiger partial charge is 0.182 e. The third-order valence-electron chi connectivity index (χ3n) is 3.53. The quantitative estimate of drug-likeness (QED) is 0.596. The van der Waals surface area contributed by atoms with E-state index in [2.05, 4.69) is 30.9 Å². The molecule has 0 aliphatic carbocycles. The van der Waals surface area contributed by atoms with E-state index in [1.54, 1.807) is 19.2 Å². The molecule has 140 valence electrons. The van der Waals surface area contributed by atoms with Gasteiger partial charge in [0.25, 0.3) is 0 Å². The molecule has 0 spiro atoms. The molecule has 8 heteroatoms. The lowest BCUT2D eigenvalue weighted by Crippen LogP contribution is -2.12. The van der Waals surface area contributed by atoms with Crippen LogP contribution in [0.3, 0.4) is 0 Å². The number of rotatable bonds is 6. The first-order valence-corrected chi connectivity index (χ1v) is 8.47. The lowest BCUT2D eigenvalue weighted by atomic mass is 10.3. The average Bonchev–Trinajstić information content (AvgIpc) is 2.60. The van der Waals surface area contributed by atoms with Crippen LogP contribution in [0.25, 0.3) is 11.5 Å². The maximum atomic E-state index is 13.5. The molecule has 0 radical (unpaired) electrons. The number of nitrogens with one attached hydrogen (secondary N) is 3. The van der Waals surface area contributed by atoms with Crippen LogP contribution in [0.2, 0.25) is 0 Å². The van der Waals surface area contributed by atoms with Gasteiger partial charge in [-0.05, 0) is 38.1 Å². The predicted molar refractivity (Wildman–Crippen MR) is 103 cm³/mol.